The van der Waals surface area contributed by atoms with Gasteiger partial charge in [-0.2, -0.15) is 0 Å². The summed E-state index contributed by atoms with van der Waals surface area (Å²) in [5.74, 6) is -0.560. The Balaban J connectivity index is 2.00. The van der Waals surface area contributed by atoms with Crippen molar-refractivity contribution in [2.24, 2.45) is 0 Å². The van der Waals surface area contributed by atoms with E-state index in [1.807, 2.05) is 36.4 Å². The number of rotatable bonds is 11. The van der Waals surface area contributed by atoms with Crippen LogP contribution in [0.3, 0.4) is 0 Å². The molecule has 0 bridgehead atoms. The zero-order valence-electron chi connectivity index (χ0n) is 18.4. The predicted molar refractivity (Wildman–Crippen MR) is 133 cm³/mol. The standard InChI is InChI=1S/C28H28O4S/c1-2-3-7-20-27(33(30,31)25-18-12-6-13-19-25)26(22-21-23-14-8-4-9-15-23)32-28(29)24-16-10-5-11-17-24/h2,4-6,8-19,21-22,26-27H,1,3,7,20H2/b22-21+. The van der Waals surface area contributed by atoms with Gasteiger partial charge in [-0.1, -0.05) is 78.9 Å². The third kappa shape index (κ3) is 6.77. The Morgan fingerprint density at radius 3 is 2.06 bits per heavy atom. The van der Waals surface area contributed by atoms with Crippen LogP contribution in [0.1, 0.15) is 35.2 Å². The minimum absolute atomic E-state index is 0.211. The van der Waals surface area contributed by atoms with Gasteiger partial charge in [0.25, 0.3) is 0 Å². The van der Waals surface area contributed by atoms with E-state index in [1.54, 1.807) is 72.8 Å². The van der Waals surface area contributed by atoms with E-state index in [1.165, 1.54) is 0 Å². The molecule has 0 aliphatic carbocycles. The van der Waals surface area contributed by atoms with E-state index >= 15 is 0 Å². The van der Waals surface area contributed by atoms with E-state index < -0.39 is 27.2 Å². The first-order valence-electron chi connectivity index (χ1n) is 10.9. The Morgan fingerprint density at radius 1 is 0.879 bits per heavy atom. The van der Waals surface area contributed by atoms with Crippen molar-refractivity contribution in [2.45, 2.75) is 35.5 Å². The summed E-state index contributed by atoms with van der Waals surface area (Å²) in [5.41, 5.74) is 1.26. The molecular weight excluding hydrogens is 432 g/mol. The normalized spacial score (nSPS) is 13.3. The number of carbonyl (C=O) groups is 1. The highest BCUT2D eigenvalue weighted by molar-refractivity contribution is 7.92. The maximum Gasteiger partial charge on any atom is 0.338 e. The van der Waals surface area contributed by atoms with Gasteiger partial charge in [0.2, 0.25) is 0 Å². The summed E-state index contributed by atoms with van der Waals surface area (Å²) in [5, 5.41) is -0.938. The van der Waals surface area contributed by atoms with Crippen LogP contribution in [0.5, 0.6) is 0 Å². The molecule has 170 valence electrons. The van der Waals surface area contributed by atoms with Gasteiger partial charge >= 0.3 is 5.97 Å². The van der Waals surface area contributed by atoms with Crippen LogP contribution in [0.15, 0.2) is 115 Å². The van der Waals surface area contributed by atoms with Gasteiger partial charge in [0.05, 0.1) is 10.5 Å². The molecule has 2 atom stereocenters. The summed E-state index contributed by atoms with van der Waals surface area (Å²) in [4.78, 5) is 13.1. The van der Waals surface area contributed by atoms with Crippen molar-refractivity contribution >= 4 is 21.9 Å². The predicted octanol–water partition coefficient (Wildman–Crippen LogP) is 6.12. The molecular formula is C28H28O4S. The van der Waals surface area contributed by atoms with Crippen molar-refractivity contribution in [3.63, 3.8) is 0 Å². The first-order valence-corrected chi connectivity index (χ1v) is 12.5. The topological polar surface area (TPSA) is 60.4 Å². The number of benzene rings is 3. The molecule has 0 saturated carbocycles. The van der Waals surface area contributed by atoms with Gasteiger partial charge in [-0.3, -0.25) is 0 Å². The number of esters is 1. The zero-order valence-corrected chi connectivity index (χ0v) is 19.2. The Labute approximate surface area is 196 Å². The third-order valence-corrected chi connectivity index (χ3v) is 7.49. The molecule has 0 fully saturated rings. The Kier molecular flexibility index (Phi) is 8.79. The molecule has 5 heteroatoms. The summed E-state index contributed by atoms with van der Waals surface area (Å²) >= 11 is 0. The van der Waals surface area contributed by atoms with Crippen molar-refractivity contribution in [3.8, 4) is 0 Å². The second-order valence-corrected chi connectivity index (χ2v) is 9.79. The second-order valence-electron chi connectivity index (χ2n) is 7.62. The van der Waals surface area contributed by atoms with Gasteiger partial charge < -0.3 is 4.74 Å². The number of carbonyl (C=O) groups excluding carboxylic acids is 1. The van der Waals surface area contributed by atoms with Gasteiger partial charge in [-0.15, -0.1) is 6.58 Å². The average Bonchev–Trinajstić information content (AvgIpc) is 2.86. The highest BCUT2D eigenvalue weighted by atomic mass is 32.2. The van der Waals surface area contributed by atoms with Crippen molar-refractivity contribution in [3.05, 3.63) is 121 Å². The van der Waals surface area contributed by atoms with Crippen LogP contribution in [0.4, 0.5) is 0 Å². The fraction of sp³-hybridized carbons (Fsp3) is 0.179. The average molecular weight is 461 g/mol. The number of hydrogen-bond acceptors (Lipinski definition) is 4. The van der Waals surface area contributed by atoms with Crippen LogP contribution in [0.2, 0.25) is 0 Å². The molecule has 0 aliphatic heterocycles. The van der Waals surface area contributed by atoms with Gasteiger partial charge in [0.15, 0.2) is 9.84 Å². The van der Waals surface area contributed by atoms with E-state index in [0.717, 1.165) is 5.56 Å². The maximum absolute atomic E-state index is 13.6. The molecule has 4 nitrogen and oxygen atoms in total. The largest absolute Gasteiger partial charge is 0.453 e. The molecule has 0 saturated heterocycles. The number of allylic oxidation sites excluding steroid dienone is 1. The molecule has 0 heterocycles. The van der Waals surface area contributed by atoms with E-state index in [-0.39, 0.29) is 4.90 Å². The third-order valence-electron chi connectivity index (χ3n) is 5.26. The Morgan fingerprint density at radius 2 is 1.45 bits per heavy atom. The van der Waals surface area contributed by atoms with Crippen molar-refractivity contribution in [1.29, 1.82) is 0 Å². The number of sulfone groups is 1. The van der Waals surface area contributed by atoms with Crippen LogP contribution in [0, 0.1) is 0 Å². The summed E-state index contributed by atoms with van der Waals surface area (Å²) in [7, 11) is -3.78. The minimum atomic E-state index is -3.78. The van der Waals surface area contributed by atoms with Gasteiger partial charge in [-0.25, -0.2) is 13.2 Å². The molecule has 3 aromatic rings. The lowest BCUT2D eigenvalue weighted by atomic mass is 10.1. The second kappa shape index (κ2) is 12.0. The fourth-order valence-electron chi connectivity index (χ4n) is 3.52. The molecule has 2 unspecified atom stereocenters. The molecule has 0 aliphatic rings. The van der Waals surface area contributed by atoms with Gasteiger partial charge in [0.1, 0.15) is 11.4 Å². The van der Waals surface area contributed by atoms with Crippen molar-refractivity contribution in [1.82, 2.24) is 0 Å². The molecule has 0 amide bonds. The smallest absolute Gasteiger partial charge is 0.338 e. The molecule has 0 N–H and O–H groups in total. The first kappa shape index (κ1) is 24.2. The van der Waals surface area contributed by atoms with E-state index in [0.29, 0.717) is 24.8 Å². The molecule has 3 aromatic carbocycles. The quantitative estimate of drug-likeness (QED) is 0.196. The van der Waals surface area contributed by atoms with Gasteiger partial charge in [-0.05, 0) is 55.2 Å². The molecule has 3 rings (SSSR count). The SMILES string of the molecule is C=CCCCC(C(/C=C/c1ccccc1)OC(=O)c1ccccc1)S(=O)(=O)c1ccccc1. The van der Waals surface area contributed by atoms with Crippen LogP contribution in [-0.4, -0.2) is 25.7 Å². The molecule has 0 radical (unpaired) electrons. The van der Waals surface area contributed by atoms with E-state index in [9.17, 15) is 13.2 Å². The number of hydrogen-bond donors (Lipinski definition) is 0. The lowest BCUT2D eigenvalue weighted by Gasteiger charge is -2.25. The van der Waals surface area contributed by atoms with Crippen molar-refractivity contribution < 1.29 is 17.9 Å². The number of unbranched alkanes of at least 4 members (excludes halogenated alkanes) is 1. The molecule has 0 spiro atoms. The highest BCUT2D eigenvalue weighted by Crippen LogP contribution is 2.26. The van der Waals surface area contributed by atoms with Crippen LogP contribution in [0.25, 0.3) is 6.08 Å². The van der Waals surface area contributed by atoms with Gasteiger partial charge in [0, 0.05) is 0 Å². The molecule has 33 heavy (non-hydrogen) atoms. The summed E-state index contributed by atoms with van der Waals surface area (Å²) in [6.45, 7) is 3.74. The number of ether oxygens (including phenoxy) is 1. The maximum atomic E-state index is 13.6. The summed E-state index contributed by atoms with van der Waals surface area (Å²) < 4.78 is 33.1. The van der Waals surface area contributed by atoms with Crippen LogP contribution < -0.4 is 0 Å². The van der Waals surface area contributed by atoms with Crippen LogP contribution in [-0.2, 0) is 14.6 Å². The zero-order chi connectivity index (χ0) is 23.5. The first-order chi connectivity index (χ1) is 16.0. The van der Waals surface area contributed by atoms with Crippen molar-refractivity contribution in [2.75, 3.05) is 0 Å². The summed E-state index contributed by atoms with van der Waals surface area (Å²) in [6.07, 6.45) is 5.88. The lowest BCUT2D eigenvalue weighted by Crippen LogP contribution is -2.36. The van der Waals surface area contributed by atoms with E-state index in [4.69, 9.17) is 4.74 Å². The minimum Gasteiger partial charge on any atom is -0.453 e. The molecule has 0 aromatic heterocycles. The highest BCUT2D eigenvalue weighted by Gasteiger charge is 2.35. The Hall–Kier alpha value is -3.44. The Bertz CT molecular complexity index is 1150. The van der Waals surface area contributed by atoms with E-state index in [2.05, 4.69) is 6.58 Å². The summed E-state index contributed by atoms with van der Waals surface area (Å²) in [6, 6.07) is 26.4. The fourth-order valence-corrected chi connectivity index (χ4v) is 5.38. The van der Waals surface area contributed by atoms with Crippen LogP contribution >= 0.6 is 0 Å². The lowest BCUT2D eigenvalue weighted by molar-refractivity contribution is 0.0384. The monoisotopic (exact) mass is 460 g/mol.